The van der Waals surface area contributed by atoms with Crippen LogP contribution in [0.25, 0.3) is 0 Å². The summed E-state index contributed by atoms with van der Waals surface area (Å²) >= 11 is 0. The van der Waals surface area contributed by atoms with Gasteiger partial charge in [0.05, 0.1) is 6.61 Å². The molecule has 108 valence electrons. The first-order valence-electron chi connectivity index (χ1n) is 7.11. The lowest BCUT2D eigenvalue weighted by Crippen LogP contribution is -2.48. The van der Waals surface area contributed by atoms with E-state index in [2.05, 4.69) is 56.0 Å². The van der Waals surface area contributed by atoms with Crippen LogP contribution in [0.15, 0.2) is 30.3 Å². The Balaban J connectivity index is 2.84. The summed E-state index contributed by atoms with van der Waals surface area (Å²) in [5.74, 6) is 0.422. The molecule has 0 aliphatic rings. The minimum absolute atomic E-state index is 0.345. The second kappa shape index (κ2) is 8.31. The second-order valence-corrected chi connectivity index (χ2v) is 5.33. The molecule has 0 spiro atoms. The highest BCUT2D eigenvalue weighted by Crippen LogP contribution is 2.23. The Morgan fingerprint density at radius 1 is 1.16 bits per heavy atom. The summed E-state index contributed by atoms with van der Waals surface area (Å²) in [6.45, 7) is 9.03. The van der Waals surface area contributed by atoms with Gasteiger partial charge in [-0.05, 0) is 25.3 Å². The number of benzene rings is 1. The molecule has 2 atom stereocenters. The predicted molar refractivity (Wildman–Crippen MR) is 81.4 cm³/mol. The van der Waals surface area contributed by atoms with E-state index in [9.17, 15) is 0 Å². The van der Waals surface area contributed by atoms with Crippen LogP contribution in [0.2, 0.25) is 0 Å². The first-order valence-corrected chi connectivity index (χ1v) is 7.11. The maximum atomic E-state index is 6.04. The van der Waals surface area contributed by atoms with Gasteiger partial charge in [0.1, 0.15) is 0 Å². The van der Waals surface area contributed by atoms with Crippen LogP contribution in [0.4, 0.5) is 0 Å². The summed E-state index contributed by atoms with van der Waals surface area (Å²) < 4.78 is 5.22. The van der Waals surface area contributed by atoms with Gasteiger partial charge in [0, 0.05) is 32.3 Å². The van der Waals surface area contributed by atoms with Crippen LogP contribution >= 0.6 is 0 Å². The quantitative estimate of drug-likeness (QED) is 0.784. The monoisotopic (exact) mass is 264 g/mol. The van der Waals surface area contributed by atoms with E-state index < -0.39 is 0 Å². The Labute approximate surface area is 117 Å². The van der Waals surface area contributed by atoms with E-state index in [0.717, 1.165) is 13.2 Å². The van der Waals surface area contributed by atoms with Gasteiger partial charge in [-0.15, -0.1) is 0 Å². The minimum atomic E-state index is 0.345. The van der Waals surface area contributed by atoms with E-state index >= 15 is 0 Å². The molecule has 0 saturated carbocycles. The third kappa shape index (κ3) is 4.60. The fraction of sp³-hybridized carbons (Fsp3) is 0.625. The van der Waals surface area contributed by atoms with E-state index in [1.54, 1.807) is 7.11 Å². The van der Waals surface area contributed by atoms with Gasteiger partial charge in [-0.1, -0.05) is 37.3 Å². The highest BCUT2D eigenvalue weighted by Gasteiger charge is 2.25. The molecule has 2 N–H and O–H groups in total. The standard InChI is InChI=1S/C16H28N2O/c1-13(2)18(10-11-19-4)16(12-17)14(3)15-8-6-5-7-9-15/h5-9,13-14,16H,10-12,17H2,1-4H3. The Hall–Kier alpha value is -0.900. The lowest BCUT2D eigenvalue weighted by Gasteiger charge is -2.38. The summed E-state index contributed by atoms with van der Waals surface area (Å²) in [5.41, 5.74) is 7.39. The van der Waals surface area contributed by atoms with E-state index in [0.29, 0.717) is 24.5 Å². The number of nitrogens with two attached hydrogens (primary N) is 1. The molecule has 19 heavy (non-hydrogen) atoms. The summed E-state index contributed by atoms with van der Waals surface area (Å²) in [6, 6.07) is 11.4. The molecule has 1 aromatic carbocycles. The summed E-state index contributed by atoms with van der Waals surface area (Å²) in [4.78, 5) is 2.45. The van der Waals surface area contributed by atoms with Crippen molar-refractivity contribution in [1.29, 1.82) is 0 Å². The molecule has 0 bridgehead atoms. The normalized spacial score (nSPS) is 14.9. The Bertz CT molecular complexity index is 340. The smallest absolute Gasteiger partial charge is 0.0589 e. The summed E-state index contributed by atoms with van der Waals surface area (Å²) in [6.07, 6.45) is 0. The molecule has 0 aromatic heterocycles. The largest absolute Gasteiger partial charge is 0.383 e. The lowest BCUT2D eigenvalue weighted by atomic mass is 9.91. The van der Waals surface area contributed by atoms with Gasteiger partial charge in [0.15, 0.2) is 0 Å². The van der Waals surface area contributed by atoms with Crippen molar-refractivity contribution in [3.05, 3.63) is 35.9 Å². The van der Waals surface area contributed by atoms with Gasteiger partial charge in [-0.3, -0.25) is 4.90 Å². The molecule has 0 fully saturated rings. The first kappa shape index (κ1) is 16.2. The van der Waals surface area contributed by atoms with Crippen LogP contribution in [-0.2, 0) is 4.74 Å². The third-order valence-electron chi connectivity index (χ3n) is 3.79. The fourth-order valence-electron chi connectivity index (χ4n) is 2.61. The van der Waals surface area contributed by atoms with Crippen molar-refractivity contribution in [2.24, 2.45) is 5.73 Å². The average Bonchev–Trinajstić information content (AvgIpc) is 2.43. The second-order valence-electron chi connectivity index (χ2n) is 5.33. The highest BCUT2D eigenvalue weighted by molar-refractivity contribution is 5.20. The molecule has 0 radical (unpaired) electrons. The van der Waals surface area contributed by atoms with E-state index in [4.69, 9.17) is 10.5 Å². The topological polar surface area (TPSA) is 38.5 Å². The Morgan fingerprint density at radius 2 is 1.79 bits per heavy atom. The van der Waals surface area contributed by atoms with E-state index in [-0.39, 0.29) is 0 Å². The van der Waals surface area contributed by atoms with Crippen LogP contribution in [0.3, 0.4) is 0 Å². The van der Waals surface area contributed by atoms with Crippen LogP contribution in [0.5, 0.6) is 0 Å². The molecule has 2 unspecified atom stereocenters. The Kier molecular flexibility index (Phi) is 7.06. The minimum Gasteiger partial charge on any atom is -0.383 e. The van der Waals surface area contributed by atoms with Crippen molar-refractivity contribution in [2.45, 2.75) is 38.8 Å². The van der Waals surface area contributed by atoms with E-state index in [1.165, 1.54) is 5.56 Å². The molecule has 3 heteroatoms. The highest BCUT2D eigenvalue weighted by atomic mass is 16.5. The van der Waals surface area contributed by atoms with Crippen LogP contribution in [0, 0.1) is 0 Å². The molecule has 0 heterocycles. The van der Waals surface area contributed by atoms with Crippen molar-refractivity contribution in [2.75, 3.05) is 26.8 Å². The van der Waals surface area contributed by atoms with Crippen molar-refractivity contribution >= 4 is 0 Å². The molecule has 1 aromatic rings. The maximum Gasteiger partial charge on any atom is 0.0589 e. The molecular weight excluding hydrogens is 236 g/mol. The summed E-state index contributed by atoms with van der Waals surface area (Å²) in [7, 11) is 1.75. The van der Waals surface area contributed by atoms with Crippen LogP contribution in [0.1, 0.15) is 32.3 Å². The number of rotatable bonds is 8. The van der Waals surface area contributed by atoms with Crippen molar-refractivity contribution in [3.8, 4) is 0 Å². The molecular formula is C16H28N2O. The molecule has 0 aliphatic heterocycles. The molecule has 0 saturated heterocycles. The average molecular weight is 264 g/mol. The van der Waals surface area contributed by atoms with Crippen LogP contribution < -0.4 is 5.73 Å². The van der Waals surface area contributed by atoms with Gasteiger partial charge in [0.25, 0.3) is 0 Å². The predicted octanol–water partition coefficient (Wildman–Crippen LogP) is 2.47. The first-order chi connectivity index (χ1) is 9.11. The zero-order chi connectivity index (χ0) is 14.3. The van der Waals surface area contributed by atoms with E-state index in [1.807, 2.05) is 0 Å². The van der Waals surface area contributed by atoms with Gasteiger partial charge in [0.2, 0.25) is 0 Å². The fourth-order valence-corrected chi connectivity index (χ4v) is 2.61. The van der Waals surface area contributed by atoms with Gasteiger partial charge in [-0.25, -0.2) is 0 Å². The molecule has 3 nitrogen and oxygen atoms in total. The molecule has 0 aliphatic carbocycles. The molecule has 1 rings (SSSR count). The SMILES string of the molecule is COCCN(C(C)C)C(CN)C(C)c1ccccc1. The zero-order valence-electron chi connectivity index (χ0n) is 12.7. The van der Waals surface area contributed by atoms with Crippen molar-refractivity contribution in [1.82, 2.24) is 4.90 Å². The number of hydrogen-bond acceptors (Lipinski definition) is 3. The van der Waals surface area contributed by atoms with Gasteiger partial charge >= 0.3 is 0 Å². The van der Waals surface area contributed by atoms with Gasteiger partial charge in [-0.2, -0.15) is 0 Å². The Morgan fingerprint density at radius 3 is 2.26 bits per heavy atom. The van der Waals surface area contributed by atoms with Gasteiger partial charge < -0.3 is 10.5 Å². The number of ether oxygens (including phenoxy) is 1. The lowest BCUT2D eigenvalue weighted by molar-refractivity contribution is 0.0889. The number of nitrogens with zero attached hydrogens (tertiary/aromatic N) is 1. The third-order valence-corrected chi connectivity index (χ3v) is 3.79. The van der Waals surface area contributed by atoms with Crippen molar-refractivity contribution < 1.29 is 4.74 Å². The number of methoxy groups -OCH3 is 1. The summed E-state index contributed by atoms with van der Waals surface area (Å²) in [5, 5.41) is 0. The maximum absolute atomic E-state index is 6.04. The van der Waals surface area contributed by atoms with Crippen molar-refractivity contribution in [3.63, 3.8) is 0 Å². The van der Waals surface area contributed by atoms with Crippen LogP contribution in [-0.4, -0.2) is 43.8 Å². The zero-order valence-corrected chi connectivity index (χ0v) is 12.7. The number of hydrogen-bond donors (Lipinski definition) is 1. The molecule has 0 amide bonds.